The van der Waals surface area contributed by atoms with E-state index in [9.17, 15) is 14.4 Å². The molecular weight excluding hydrogens is 312 g/mol. The van der Waals surface area contributed by atoms with Crippen LogP contribution in [0.3, 0.4) is 0 Å². The van der Waals surface area contributed by atoms with Crippen molar-refractivity contribution in [2.45, 2.75) is 0 Å². The molecule has 0 fully saturated rings. The fraction of sp³-hybridized carbons (Fsp3) is 0.222. The number of nitrogens with two attached hydrogens (primary N) is 1. The van der Waals surface area contributed by atoms with Crippen LogP contribution in [0.5, 0.6) is 0 Å². The number of carbonyl (C=O) groups excluding carboxylic acids is 2. The van der Waals surface area contributed by atoms with Crippen molar-refractivity contribution in [2.75, 3.05) is 13.1 Å². The van der Waals surface area contributed by atoms with E-state index in [0.29, 0.717) is 5.56 Å². The van der Waals surface area contributed by atoms with Crippen LogP contribution < -0.4 is 5.73 Å². The molecule has 0 unspecified atom stereocenters. The fourth-order valence-corrected chi connectivity index (χ4v) is 2.29. The lowest BCUT2D eigenvalue weighted by molar-refractivity contribution is -0.138. The molecule has 2 amide bonds. The van der Waals surface area contributed by atoms with E-state index < -0.39 is 30.9 Å². The molecule has 92 valence electrons. The van der Waals surface area contributed by atoms with E-state index in [2.05, 4.69) is 15.9 Å². The maximum atomic E-state index is 11.9. The van der Waals surface area contributed by atoms with Gasteiger partial charge in [0.2, 0.25) is 5.91 Å². The predicted molar refractivity (Wildman–Crippen MR) is 64.8 cm³/mol. The molecule has 6 nitrogen and oxygen atoms in total. The van der Waals surface area contributed by atoms with Gasteiger partial charge in [0.25, 0.3) is 5.91 Å². The molecule has 1 heterocycles. The third-order valence-electron chi connectivity index (χ3n) is 1.77. The summed E-state index contributed by atoms with van der Waals surface area (Å²) >= 11 is 4.48. The number of carbonyl (C=O) groups is 3. The molecule has 1 rings (SSSR count). The normalized spacial score (nSPS) is 9.94. The Balaban J connectivity index is 2.85. The number of primary amides is 1. The van der Waals surface area contributed by atoms with Crippen LogP contribution in [0.1, 0.15) is 10.4 Å². The van der Waals surface area contributed by atoms with Crippen LogP contribution in [-0.4, -0.2) is 40.9 Å². The van der Waals surface area contributed by atoms with Crippen molar-refractivity contribution in [1.82, 2.24) is 4.90 Å². The highest BCUT2D eigenvalue weighted by atomic mass is 79.9. The maximum absolute atomic E-state index is 11.9. The Hall–Kier alpha value is -1.41. The van der Waals surface area contributed by atoms with E-state index in [1.165, 1.54) is 11.3 Å². The zero-order valence-corrected chi connectivity index (χ0v) is 11.0. The molecule has 8 heteroatoms. The second-order valence-electron chi connectivity index (χ2n) is 3.16. The van der Waals surface area contributed by atoms with Crippen LogP contribution >= 0.6 is 27.3 Å². The number of hydrogen-bond acceptors (Lipinski definition) is 4. The second kappa shape index (κ2) is 5.78. The molecule has 3 N–H and O–H groups in total. The number of thiophene rings is 1. The maximum Gasteiger partial charge on any atom is 0.323 e. The minimum Gasteiger partial charge on any atom is -0.480 e. The largest absolute Gasteiger partial charge is 0.480 e. The fourth-order valence-electron chi connectivity index (χ4n) is 1.16. The molecule has 0 spiro atoms. The van der Waals surface area contributed by atoms with Gasteiger partial charge in [-0.05, 0) is 22.0 Å². The van der Waals surface area contributed by atoms with Gasteiger partial charge < -0.3 is 15.7 Å². The number of nitrogens with zero attached hydrogens (tertiary/aromatic N) is 1. The number of aliphatic carboxylic acids is 1. The first-order chi connectivity index (χ1) is 7.90. The molecule has 1 aromatic heterocycles. The number of hydrogen-bond donors (Lipinski definition) is 2. The molecule has 0 radical (unpaired) electrons. The number of amides is 2. The third-order valence-corrected chi connectivity index (χ3v) is 3.28. The number of rotatable bonds is 5. The van der Waals surface area contributed by atoms with Gasteiger partial charge in [-0.2, -0.15) is 0 Å². The van der Waals surface area contributed by atoms with Crippen molar-refractivity contribution in [2.24, 2.45) is 5.73 Å². The molecule has 0 aliphatic carbocycles. The number of halogens is 1. The minimum atomic E-state index is -1.20. The van der Waals surface area contributed by atoms with Crippen LogP contribution in [0.15, 0.2) is 15.2 Å². The van der Waals surface area contributed by atoms with Crippen molar-refractivity contribution in [3.8, 4) is 0 Å². The summed E-state index contributed by atoms with van der Waals surface area (Å²) in [6.45, 7) is -0.978. The summed E-state index contributed by atoms with van der Waals surface area (Å²) < 4.78 is 0.746. The Labute approximate surface area is 109 Å². The summed E-state index contributed by atoms with van der Waals surface area (Å²) in [5, 5.41) is 10.2. The van der Waals surface area contributed by atoms with E-state index in [1.807, 2.05) is 0 Å². The van der Waals surface area contributed by atoms with Gasteiger partial charge in [-0.25, -0.2) is 0 Å². The Morgan fingerprint density at radius 1 is 1.41 bits per heavy atom. The SMILES string of the molecule is NC(=O)CN(CC(=O)O)C(=O)c1csc(Br)c1. The average molecular weight is 321 g/mol. The van der Waals surface area contributed by atoms with Crippen molar-refractivity contribution >= 4 is 45.1 Å². The average Bonchev–Trinajstić information content (AvgIpc) is 2.61. The van der Waals surface area contributed by atoms with Gasteiger partial charge in [-0.3, -0.25) is 14.4 Å². The second-order valence-corrected chi connectivity index (χ2v) is 5.45. The highest BCUT2D eigenvalue weighted by molar-refractivity contribution is 9.11. The van der Waals surface area contributed by atoms with Crippen molar-refractivity contribution in [3.63, 3.8) is 0 Å². The molecule has 0 saturated heterocycles. The van der Waals surface area contributed by atoms with Crippen LogP contribution in [0.2, 0.25) is 0 Å². The molecule has 0 aromatic carbocycles. The Morgan fingerprint density at radius 3 is 2.47 bits per heavy atom. The minimum absolute atomic E-state index is 0.323. The zero-order valence-electron chi connectivity index (χ0n) is 8.55. The Kier molecular flexibility index (Phi) is 4.64. The smallest absolute Gasteiger partial charge is 0.323 e. The first-order valence-electron chi connectivity index (χ1n) is 4.43. The standard InChI is InChI=1S/C9H9BrN2O4S/c10-6-1-5(4-17-6)9(16)12(2-7(11)13)3-8(14)15/h1,4H,2-3H2,(H2,11,13)(H,14,15). The molecule has 17 heavy (non-hydrogen) atoms. The molecule has 1 aromatic rings. The summed E-state index contributed by atoms with van der Waals surface area (Å²) in [5.41, 5.74) is 5.28. The van der Waals surface area contributed by atoms with E-state index in [4.69, 9.17) is 10.8 Å². The predicted octanol–water partition coefficient (Wildman–Crippen LogP) is 0.523. The molecule has 0 saturated carbocycles. The molecule has 0 bridgehead atoms. The third kappa shape index (κ3) is 4.16. The van der Waals surface area contributed by atoms with Gasteiger partial charge in [0.1, 0.15) is 13.1 Å². The van der Waals surface area contributed by atoms with Crippen LogP contribution in [0.4, 0.5) is 0 Å². The van der Waals surface area contributed by atoms with Crippen molar-refractivity contribution < 1.29 is 19.5 Å². The topological polar surface area (TPSA) is 101 Å². The summed E-state index contributed by atoms with van der Waals surface area (Å²) in [4.78, 5) is 34.1. The van der Waals surface area contributed by atoms with E-state index >= 15 is 0 Å². The van der Waals surface area contributed by atoms with Gasteiger partial charge >= 0.3 is 5.97 Å². The lowest BCUT2D eigenvalue weighted by atomic mass is 10.3. The van der Waals surface area contributed by atoms with Gasteiger partial charge in [0.15, 0.2) is 0 Å². The van der Waals surface area contributed by atoms with Crippen molar-refractivity contribution in [1.29, 1.82) is 0 Å². The van der Waals surface area contributed by atoms with Gasteiger partial charge in [0, 0.05) is 5.38 Å². The molecule has 0 aliphatic heterocycles. The quantitative estimate of drug-likeness (QED) is 0.826. The summed E-state index contributed by atoms with van der Waals surface area (Å²) in [7, 11) is 0. The van der Waals surface area contributed by atoms with E-state index in [1.54, 1.807) is 11.4 Å². The zero-order chi connectivity index (χ0) is 13.0. The van der Waals surface area contributed by atoms with Gasteiger partial charge in [-0.1, -0.05) is 0 Å². The summed E-state index contributed by atoms with van der Waals surface area (Å²) in [5.74, 6) is -2.49. The van der Waals surface area contributed by atoms with Crippen LogP contribution in [0.25, 0.3) is 0 Å². The first kappa shape index (κ1) is 13.7. The summed E-state index contributed by atoms with van der Waals surface area (Å²) in [6, 6.07) is 1.56. The Morgan fingerprint density at radius 2 is 2.06 bits per heavy atom. The number of carboxylic acids is 1. The van der Waals surface area contributed by atoms with Gasteiger partial charge in [-0.15, -0.1) is 11.3 Å². The molecule has 0 atom stereocenters. The summed E-state index contributed by atoms with van der Waals surface area (Å²) in [6.07, 6.45) is 0. The Bertz CT molecular complexity index is 444. The highest BCUT2D eigenvalue weighted by Crippen LogP contribution is 2.21. The lowest BCUT2D eigenvalue weighted by Gasteiger charge is -2.17. The number of carboxylic acid groups (broad SMARTS) is 1. The van der Waals surface area contributed by atoms with E-state index in [-0.39, 0.29) is 0 Å². The molecular formula is C9H9BrN2O4S. The van der Waals surface area contributed by atoms with Gasteiger partial charge in [0.05, 0.1) is 9.35 Å². The highest BCUT2D eigenvalue weighted by Gasteiger charge is 2.21. The van der Waals surface area contributed by atoms with Crippen LogP contribution in [-0.2, 0) is 9.59 Å². The van der Waals surface area contributed by atoms with E-state index in [0.717, 1.165) is 8.69 Å². The van der Waals surface area contributed by atoms with Crippen molar-refractivity contribution in [3.05, 3.63) is 20.8 Å². The molecule has 0 aliphatic rings. The first-order valence-corrected chi connectivity index (χ1v) is 6.11. The monoisotopic (exact) mass is 320 g/mol. The lowest BCUT2D eigenvalue weighted by Crippen LogP contribution is -2.41. The van der Waals surface area contributed by atoms with Crippen LogP contribution in [0, 0.1) is 0 Å².